The predicted octanol–water partition coefficient (Wildman–Crippen LogP) is 1.25. The van der Waals surface area contributed by atoms with E-state index >= 15 is 0 Å². The highest BCUT2D eigenvalue weighted by molar-refractivity contribution is 9.10. The average molecular weight is 307 g/mol. The van der Waals surface area contributed by atoms with Crippen LogP contribution in [0.25, 0.3) is 0 Å². The standard InChI is InChI=1S/C8H11BrN4O4/c1-11(2)8(14)17-4-3-12-5-6(9)7(10-12)13(15)16/h5H,3-4H2,1-2H3. The number of aromatic nitrogens is 2. The number of hydrogen-bond donors (Lipinski definition) is 0. The Bertz CT molecular complexity index is 431. The smallest absolute Gasteiger partial charge is 0.409 e. The molecule has 0 spiro atoms. The maximum absolute atomic E-state index is 11.1. The van der Waals surface area contributed by atoms with Crippen molar-refractivity contribution in [1.29, 1.82) is 0 Å². The largest absolute Gasteiger partial charge is 0.447 e. The van der Waals surface area contributed by atoms with Crippen LogP contribution in [0.4, 0.5) is 10.6 Å². The number of halogens is 1. The first-order valence-corrected chi connectivity index (χ1v) is 5.42. The molecule has 0 saturated carbocycles. The topological polar surface area (TPSA) is 90.5 Å². The van der Waals surface area contributed by atoms with E-state index in [1.807, 2.05) is 0 Å². The van der Waals surface area contributed by atoms with Crippen LogP contribution >= 0.6 is 15.9 Å². The summed E-state index contributed by atoms with van der Waals surface area (Å²) in [6.45, 7) is 0.355. The van der Waals surface area contributed by atoms with Crippen molar-refractivity contribution in [3.63, 3.8) is 0 Å². The van der Waals surface area contributed by atoms with Crippen molar-refractivity contribution in [2.24, 2.45) is 0 Å². The Labute approximate surface area is 105 Å². The molecule has 8 nitrogen and oxygen atoms in total. The molecule has 94 valence electrons. The van der Waals surface area contributed by atoms with E-state index in [0.717, 1.165) is 0 Å². The highest BCUT2D eigenvalue weighted by Gasteiger charge is 2.18. The van der Waals surface area contributed by atoms with E-state index < -0.39 is 11.0 Å². The van der Waals surface area contributed by atoms with Crippen LogP contribution in [0.2, 0.25) is 0 Å². The molecule has 0 saturated heterocycles. The Morgan fingerprint density at radius 2 is 2.35 bits per heavy atom. The van der Waals surface area contributed by atoms with Crippen molar-refractivity contribution >= 4 is 27.8 Å². The van der Waals surface area contributed by atoms with Gasteiger partial charge in [0.1, 0.15) is 11.1 Å². The van der Waals surface area contributed by atoms with Gasteiger partial charge in [0.2, 0.25) is 0 Å². The lowest BCUT2D eigenvalue weighted by Crippen LogP contribution is -2.24. The van der Waals surface area contributed by atoms with Crippen LogP contribution in [0, 0.1) is 10.1 Å². The summed E-state index contributed by atoms with van der Waals surface area (Å²) >= 11 is 3.02. The van der Waals surface area contributed by atoms with Gasteiger partial charge in [0.05, 0.1) is 17.8 Å². The number of carbonyl (C=O) groups is 1. The average Bonchev–Trinajstić information content (AvgIpc) is 2.59. The van der Waals surface area contributed by atoms with Gasteiger partial charge in [-0.2, -0.15) is 4.68 Å². The van der Waals surface area contributed by atoms with E-state index in [4.69, 9.17) is 4.74 Å². The monoisotopic (exact) mass is 306 g/mol. The zero-order chi connectivity index (χ0) is 13.0. The van der Waals surface area contributed by atoms with Crippen molar-refractivity contribution in [3.8, 4) is 0 Å². The summed E-state index contributed by atoms with van der Waals surface area (Å²) in [5.41, 5.74) is 0. The molecule has 1 aromatic rings. The minimum absolute atomic E-state index is 0.0995. The van der Waals surface area contributed by atoms with Crippen molar-refractivity contribution in [2.45, 2.75) is 6.54 Å². The normalized spacial score (nSPS) is 10.1. The second kappa shape index (κ2) is 5.62. The maximum Gasteiger partial charge on any atom is 0.409 e. The minimum atomic E-state index is -0.591. The van der Waals surface area contributed by atoms with Crippen molar-refractivity contribution < 1.29 is 14.5 Å². The maximum atomic E-state index is 11.1. The Balaban J connectivity index is 2.50. The molecule has 1 heterocycles. The van der Waals surface area contributed by atoms with E-state index in [0.29, 0.717) is 4.47 Å². The van der Waals surface area contributed by atoms with Gasteiger partial charge in [-0.1, -0.05) is 0 Å². The number of carbonyl (C=O) groups excluding carboxylic acids is 1. The molecule has 0 aliphatic rings. The SMILES string of the molecule is CN(C)C(=O)OCCn1cc(Br)c([N+](=O)[O-])n1. The predicted molar refractivity (Wildman–Crippen MR) is 61.6 cm³/mol. The summed E-state index contributed by atoms with van der Waals surface area (Å²) in [7, 11) is 3.13. The molecule has 0 bridgehead atoms. The molecule has 0 aliphatic heterocycles. The molecular weight excluding hydrogens is 296 g/mol. The van der Waals surface area contributed by atoms with Gasteiger partial charge in [-0.3, -0.25) is 0 Å². The van der Waals surface area contributed by atoms with Crippen molar-refractivity contribution in [2.75, 3.05) is 20.7 Å². The number of nitrogens with zero attached hydrogens (tertiary/aromatic N) is 4. The van der Waals surface area contributed by atoms with Crippen molar-refractivity contribution in [3.05, 3.63) is 20.8 Å². The Kier molecular flexibility index (Phi) is 4.44. The lowest BCUT2D eigenvalue weighted by atomic mass is 10.6. The third-order valence-electron chi connectivity index (χ3n) is 1.78. The molecule has 0 fully saturated rings. The Hall–Kier alpha value is -1.64. The number of nitro groups is 1. The summed E-state index contributed by atoms with van der Waals surface area (Å²) < 4.78 is 6.49. The second-order valence-corrected chi connectivity index (χ2v) is 4.18. The zero-order valence-electron chi connectivity index (χ0n) is 9.29. The molecule has 0 radical (unpaired) electrons. The minimum Gasteiger partial charge on any atom is -0.447 e. The Morgan fingerprint density at radius 3 is 2.82 bits per heavy atom. The molecular formula is C8H11BrN4O4. The van der Waals surface area contributed by atoms with Crippen LogP contribution in [0.5, 0.6) is 0 Å². The first-order valence-electron chi connectivity index (χ1n) is 4.63. The number of amides is 1. The second-order valence-electron chi connectivity index (χ2n) is 3.33. The summed E-state index contributed by atoms with van der Waals surface area (Å²) in [6.07, 6.45) is 0.993. The van der Waals surface area contributed by atoms with Gasteiger partial charge >= 0.3 is 11.9 Å². The molecule has 1 aromatic heterocycles. The highest BCUT2D eigenvalue weighted by atomic mass is 79.9. The lowest BCUT2D eigenvalue weighted by Gasteiger charge is -2.09. The van der Waals surface area contributed by atoms with Gasteiger partial charge in [0.15, 0.2) is 0 Å². The molecule has 0 aromatic carbocycles. The number of hydrogen-bond acceptors (Lipinski definition) is 5. The summed E-state index contributed by atoms with van der Waals surface area (Å²) in [5, 5.41) is 14.2. The fourth-order valence-electron chi connectivity index (χ4n) is 0.981. The molecule has 9 heteroatoms. The van der Waals surface area contributed by atoms with Gasteiger partial charge in [-0.15, -0.1) is 0 Å². The third-order valence-corrected chi connectivity index (χ3v) is 2.34. The first kappa shape index (κ1) is 13.4. The number of ether oxygens (including phenoxy) is 1. The Morgan fingerprint density at radius 1 is 1.71 bits per heavy atom. The quantitative estimate of drug-likeness (QED) is 0.617. The van der Waals surface area contributed by atoms with Gasteiger partial charge < -0.3 is 19.8 Å². The van der Waals surface area contributed by atoms with E-state index in [9.17, 15) is 14.9 Å². The third kappa shape index (κ3) is 3.70. The number of rotatable bonds is 4. The van der Waals surface area contributed by atoms with Crippen LogP contribution in [0.1, 0.15) is 0 Å². The molecule has 0 unspecified atom stereocenters. The zero-order valence-corrected chi connectivity index (χ0v) is 10.9. The van der Waals surface area contributed by atoms with Crippen LogP contribution in [0.3, 0.4) is 0 Å². The van der Waals surface area contributed by atoms with Crippen LogP contribution in [-0.2, 0) is 11.3 Å². The van der Waals surface area contributed by atoms with Gasteiger partial charge in [0.25, 0.3) is 0 Å². The van der Waals surface area contributed by atoms with Crippen LogP contribution in [0.15, 0.2) is 10.7 Å². The van der Waals surface area contributed by atoms with Gasteiger partial charge in [-0.25, -0.2) is 4.79 Å². The molecule has 1 rings (SSSR count). The fraction of sp³-hybridized carbons (Fsp3) is 0.500. The van der Waals surface area contributed by atoms with Crippen molar-refractivity contribution in [1.82, 2.24) is 14.7 Å². The molecule has 17 heavy (non-hydrogen) atoms. The fourth-order valence-corrected chi connectivity index (χ4v) is 1.44. The lowest BCUT2D eigenvalue weighted by molar-refractivity contribution is -0.390. The van der Waals surface area contributed by atoms with E-state index in [-0.39, 0.29) is 19.0 Å². The molecule has 0 N–H and O–H groups in total. The van der Waals surface area contributed by atoms with Crippen LogP contribution in [-0.4, -0.2) is 46.4 Å². The summed E-state index contributed by atoms with van der Waals surface area (Å²) in [6, 6.07) is 0. The van der Waals surface area contributed by atoms with Gasteiger partial charge in [-0.05, 0) is 20.9 Å². The highest BCUT2D eigenvalue weighted by Crippen LogP contribution is 2.21. The van der Waals surface area contributed by atoms with E-state index in [1.165, 1.54) is 15.8 Å². The van der Waals surface area contributed by atoms with E-state index in [1.54, 1.807) is 14.1 Å². The molecule has 0 aliphatic carbocycles. The summed E-state index contributed by atoms with van der Waals surface area (Å²) in [5.74, 6) is -0.260. The van der Waals surface area contributed by atoms with E-state index in [2.05, 4.69) is 21.0 Å². The molecule has 0 atom stereocenters. The molecule has 1 amide bonds. The summed E-state index contributed by atoms with van der Waals surface area (Å²) in [4.78, 5) is 22.3. The first-order chi connectivity index (χ1) is 7.91. The van der Waals surface area contributed by atoms with Gasteiger partial charge in [0, 0.05) is 14.1 Å². The van der Waals surface area contributed by atoms with Crippen LogP contribution < -0.4 is 0 Å².